The van der Waals surface area contributed by atoms with Crippen LogP contribution in [0.4, 0.5) is 18.9 Å². The molecule has 1 fully saturated rings. The van der Waals surface area contributed by atoms with E-state index < -0.39 is 17.6 Å². The van der Waals surface area contributed by atoms with Crippen LogP contribution in [0.5, 0.6) is 5.75 Å². The number of hydrogen-bond donors (Lipinski definition) is 1. The van der Waals surface area contributed by atoms with E-state index in [1.807, 2.05) is 29.2 Å². The van der Waals surface area contributed by atoms with E-state index in [4.69, 9.17) is 16.3 Å². The molecule has 1 N–H and O–H groups in total. The van der Waals surface area contributed by atoms with Gasteiger partial charge < -0.3 is 10.1 Å². The Morgan fingerprint density at radius 1 is 1.21 bits per heavy atom. The fourth-order valence-corrected chi connectivity index (χ4v) is 3.13. The van der Waals surface area contributed by atoms with E-state index in [2.05, 4.69) is 5.32 Å². The zero-order chi connectivity index (χ0) is 20.3. The van der Waals surface area contributed by atoms with Crippen molar-refractivity contribution < 1.29 is 22.7 Å². The quantitative estimate of drug-likeness (QED) is 0.698. The second-order valence-electron chi connectivity index (χ2n) is 6.72. The van der Waals surface area contributed by atoms with E-state index in [-0.39, 0.29) is 23.3 Å². The molecule has 2 aromatic rings. The van der Waals surface area contributed by atoms with Crippen molar-refractivity contribution in [1.29, 1.82) is 0 Å². The molecule has 4 nitrogen and oxygen atoms in total. The van der Waals surface area contributed by atoms with Crippen molar-refractivity contribution in [1.82, 2.24) is 4.90 Å². The van der Waals surface area contributed by atoms with Gasteiger partial charge in [0.25, 0.3) is 0 Å². The van der Waals surface area contributed by atoms with Gasteiger partial charge in [-0.15, -0.1) is 0 Å². The van der Waals surface area contributed by atoms with Gasteiger partial charge in [-0.2, -0.15) is 13.2 Å². The molecule has 150 valence electrons. The Morgan fingerprint density at radius 2 is 1.89 bits per heavy atom. The summed E-state index contributed by atoms with van der Waals surface area (Å²) in [5.74, 6) is 0.245. The van der Waals surface area contributed by atoms with Gasteiger partial charge in [-0.1, -0.05) is 23.7 Å². The Kier molecular flexibility index (Phi) is 6.15. The number of methoxy groups -OCH3 is 1. The highest BCUT2D eigenvalue weighted by Gasteiger charge is 2.35. The third-order valence-electron chi connectivity index (χ3n) is 4.52. The molecule has 0 bridgehead atoms. The van der Waals surface area contributed by atoms with Gasteiger partial charge in [-0.05, 0) is 48.7 Å². The van der Waals surface area contributed by atoms with Gasteiger partial charge in [0.2, 0.25) is 5.91 Å². The van der Waals surface area contributed by atoms with Crippen LogP contribution in [0.15, 0.2) is 42.5 Å². The number of halogens is 4. The normalized spacial score (nSPS) is 14.2. The minimum Gasteiger partial charge on any atom is -0.497 e. The summed E-state index contributed by atoms with van der Waals surface area (Å²) in [5.41, 5.74) is -0.244. The molecule has 0 heterocycles. The lowest BCUT2D eigenvalue weighted by atomic mass is 10.1. The van der Waals surface area contributed by atoms with Gasteiger partial charge in [0.15, 0.2) is 0 Å². The fraction of sp³-hybridized carbons (Fsp3) is 0.350. The first-order valence-corrected chi connectivity index (χ1v) is 9.17. The number of carbonyl (C=O) groups is 1. The molecule has 0 atom stereocenters. The van der Waals surface area contributed by atoms with Crippen molar-refractivity contribution >= 4 is 23.2 Å². The zero-order valence-corrected chi connectivity index (χ0v) is 16.0. The van der Waals surface area contributed by atoms with Crippen LogP contribution < -0.4 is 10.1 Å². The Morgan fingerprint density at radius 3 is 2.46 bits per heavy atom. The van der Waals surface area contributed by atoms with E-state index in [0.717, 1.165) is 30.2 Å². The molecule has 0 aromatic heterocycles. The summed E-state index contributed by atoms with van der Waals surface area (Å²) in [5, 5.41) is 2.34. The molecule has 1 amide bonds. The van der Waals surface area contributed by atoms with Gasteiger partial charge in [0.05, 0.1) is 24.9 Å². The number of benzene rings is 2. The van der Waals surface area contributed by atoms with E-state index in [9.17, 15) is 18.0 Å². The lowest BCUT2D eigenvalue weighted by Gasteiger charge is -2.22. The first-order valence-electron chi connectivity index (χ1n) is 8.80. The first kappa shape index (κ1) is 20.5. The van der Waals surface area contributed by atoms with Crippen molar-refractivity contribution in [2.75, 3.05) is 19.0 Å². The summed E-state index contributed by atoms with van der Waals surface area (Å²) in [6.07, 6.45) is -2.66. The molecule has 28 heavy (non-hydrogen) atoms. The number of carbonyl (C=O) groups excluding carboxylic acids is 1. The predicted octanol–water partition coefficient (Wildman–Crippen LogP) is 4.97. The van der Waals surface area contributed by atoms with Gasteiger partial charge in [0.1, 0.15) is 5.75 Å². The third-order valence-corrected chi connectivity index (χ3v) is 4.75. The standard InChI is InChI=1S/C20H20ClF3N2O2/c1-28-16-7-2-13(3-8-16)11-26(15-5-6-15)12-19(27)25-18-9-4-14(21)10-17(18)20(22,23)24/h2-4,7-10,15H,5-6,11-12H2,1H3,(H,25,27). The van der Waals surface area contributed by atoms with E-state index >= 15 is 0 Å². The molecular weight excluding hydrogens is 393 g/mol. The van der Waals surface area contributed by atoms with Crippen LogP contribution in [-0.2, 0) is 17.5 Å². The molecule has 0 unspecified atom stereocenters. The lowest BCUT2D eigenvalue weighted by molar-refractivity contribution is -0.137. The molecule has 0 saturated heterocycles. The molecule has 0 spiro atoms. The van der Waals surface area contributed by atoms with Crippen molar-refractivity contribution in [3.05, 3.63) is 58.6 Å². The topological polar surface area (TPSA) is 41.6 Å². The molecule has 0 radical (unpaired) electrons. The number of ether oxygens (including phenoxy) is 1. The highest BCUT2D eigenvalue weighted by molar-refractivity contribution is 6.30. The van der Waals surface area contributed by atoms with Crippen LogP contribution in [0.3, 0.4) is 0 Å². The molecule has 1 saturated carbocycles. The monoisotopic (exact) mass is 412 g/mol. The Balaban J connectivity index is 1.68. The minimum atomic E-state index is -4.60. The summed E-state index contributed by atoms with van der Waals surface area (Å²) >= 11 is 5.68. The highest BCUT2D eigenvalue weighted by atomic mass is 35.5. The average molecular weight is 413 g/mol. The number of nitrogens with zero attached hydrogens (tertiary/aromatic N) is 1. The summed E-state index contributed by atoms with van der Waals surface area (Å²) < 4.78 is 44.7. The Bertz CT molecular complexity index is 836. The fourth-order valence-electron chi connectivity index (χ4n) is 2.95. The number of rotatable bonds is 7. The Labute approximate surface area is 166 Å². The maximum atomic E-state index is 13.2. The van der Waals surface area contributed by atoms with Gasteiger partial charge in [-0.3, -0.25) is 9.69 Å². The molecule has 1 aliphatic carbocycles. The van der Waals surface area contributed by atoms with Crippen LogP contribution in [0.1, 0.15) is 24.0 Å². The molecule has 1 aliphatic rings. The number of amides is 1. The summed E-state index contributed by atoms with van der Waals surface area (Å²) in [6, 6.07) is 11.1. The average Bonchev–Trinajstić information content (AvgIpc) is 3.47. The number of alkyl halides is 3. The molecule has 3 rings (SSSR count). The van der Waals surface area contributed by atoms with E-state index in [1.54, 1.807) is 7.11 Å². The summed E-state index contributed by atoms with van der Waals surface area (Å²) in [7, 11) is 1.59. The lowest BCUT2D eigenvalue weighted by Crippen LogP contribution is -2.34. The summed E-state index contributed by atoms with van der Waals surface area (Å²) in [6.45, 7) is 0.547. The minimum absolute atomic E-state index is 0.0105. The smallest absolute Gasteiger partial charge is 0.418 e. The number of hydrogen-bond acceptors (Lipinski definition) is 3. The second kappa shape index (κ2) is 8.41. The van der Waals surface area contributed by atoms with Crippen molar-refractivity contribution in [2.24, 2.45) is 0 Å². The Hall–Kier alpha value is -2.25. The van der Waals surface area contributed by atoms with Crippen LogP contribution in [0.25, 0.3) is 0 Å². The molecule has 2 aromatic carbocycles. The molecule has 0 aliphatic heterocycles. The van der Waals surface area contributed by atoms with Gasteiger partial charge >= 0.3 is 6.18 Å². The number of nitrogens with one attached hydrogen (secondary N) is 1. The van der Waals surface area contributed by atoms with Crippen molar-refractivity contribution in [3.63, 3.8) is 0 Å². The van der Waals surface area contributed by atoms with Crippen molar-refractivity contribution in [3.8, 4) is 5.75 Å². The van der Waals surface area contributed by atoms with Crippen molar-refractivity contribution in [2.45, 2.75) is 31.6 Å². The van der Waals surface area contributed by atoms with Crippen LogP contribution in [-0.4, -0.2) is 30.5 Å². The first-order chi connectivity index (χ1) is 13.3. The molecular formula is C20H20ClF3N2O2. The van der Waals surface area contributed by atoms with Crippen LogP contribution in [0.2, 0.25) is 5.02 Å². The maximum absolute atomic E-state index is 13.2. The van der Waals surface area contributed by atoms with Crippen LogP contribution in [0, 0.1) is 0 Å². The zero-order valence-electron chi connectivity index (χ0n) is 15.2. The highest BCUT2D eigenvalue weighted by Crippen LogP contribution is 2.36. The van der Waals surface area contributed by atoms with E-state index in [1.165, 1.54) is 12.1 Å². The SMILES string of the molecule is COc1ccc(CN(CC(=O)Nc2ccc(Cl)cc2C(F)(F)F)C2CC2)cc1. The predicted molar refractivity (Wildman–Crippen MR) is 102 cm³/mol. The second-order valence-corrected chi connectivity index (χ2v) is 7.16. The van der Waals surface area contributed by atoms with E-state index in [0.29, 0.717) is 6.54 Å². The number of anilines is 1. The third kappa shape index (κ3) is 5.39. The largest absolute Gasteiger partial charge is 0.497 e. The van der Waals surface area contributed by atoms with Gasteiger partial charge in [-0.25, -0.2) is 0 Å². The van der Waals surface area contributed by atoms with Crippen LogP contribution >= 0.6 is 11.6 Å². The molecule has 8 heteroatoms. The maximum Gasteiger partial charge on any atom is 0.418 e. The van der Waals surface area contributed by atoms with Gasteiger partial charge in [0, 0.05) is 17.6 Å². The summed E-state index contributed by atoms with van der Waals surface area (Å²) in [4.78, 5) is 14.4.